The van der Waals surface area contributed by atoms with Gasteiger partial charge in [0.25, 0.3) is 0 Å². The van der Waals surface area contributed by atoms with Crippen LogP contribution in [0.25, 0.3) is 0 Å². The summed E-state index contributed by atoms with van der Waals surface area (Å²) in [6.07, 6.45) is 0.142. The Morgan fingerprint density at radius 2 is 1.70 bits per heavy atom. The highest BCUT2D eigenvalue weighted by atomic mass is 16.6. The van der Waals surface area contributed by atoms with Crippen LogP contribution in [0, 0.1) is 34.5 Å². The summed E-state index contributed by atoms with van der Waals surface area (Å²) >= 11 is 0. The van der Waals surface area contributed by atoms with Gasteiger partial charge in [-0.3, -0.25) is 9.69 Å². The van der Waals surface area contributed by atoms with Crippen LogP contribution >= 0.6 is 0 Å². The molecule has 1 heterocycles. The van der Waals surface area contributed by atoms with Crippen LogP contribution < -0.4 is 4.74 Å². The highest BCUT2D eigenvalue weighted by Gasteiger charge is 2.89. The summed E-state index contributed by atoms with van der Waals surface area (Å²) in [4.78, 5) is 29.7. The Morgan fingerprint density at radius 3 is 2.28 bits per heavy atom. The molecule has 11 heteroatoms. The van der Waals surface area contributed by atoms with E-state index in [1.165, 1.54) is 6.92 Å². The molecule has 1 aromatic carbocycles. The highest BCUT2D eigenvalue weighted by Crippen LogP contribution is 2.80. The number of nitrogens with zero attached hydrogens (tertiary/aromatic N) is 1. The molecule has 6 fully saturated rings. The third kappa shape index (κ3) is 3.87. The van der Waals surface area contributed by atoms with Crippen molar-refractivity contribution >= 4 is 11.9 Å². The molecular formula is C35H49NO10. The van der Waals surface area contributed by atoms with Gasteiger partial charge in [-0.2, -0.15) is 0 Å². The van der Waals surface area contributed by atoms with Crippen molar-refractivity contribution in [1.82, 2.24) is 4.90 Å². The number of esters is 2. The molecule has 13 atom stereocenters. The fourth-order valence-electron chi connectivity index (χ4n) is 12.4. The van der Waals surface area contributed by atoms with Gasteiger partial charge < -0.3 is 38.3 Å². The Bertz CT molecular complexity index is 1360. The van der Waals surface area contributed by atoms with E-state index in [0.29, 0.717) is 24.3 Å². The fourth-order valence-corrected chi connectivity index (χ4v) is 12.4. The van der Waals surface area contributed by atoms with Crippen LogP contribution in [0.4, 0.5) is 0 Å². The Hall–Kier alpha value is -2.28. The maximum atomic E-state index is 13.9. The molecule has 1 aliphatic heterocycles. The van der Waals surface area contributed by atoms with Gasteiger partial charge in [-0.05, 0) is 56.0 Å². The van der Waals surface area contributed by atoms with Gasteiger partial charge in [0.1, 0.15) is 23.1 Å². The molecule has 7 rings (SSSR count). The maximum Gasteiger partial charge on any atom is 0.338 e. The van der Waals surface area contributed by atoms with Crippen molar-refractivity contribution in [2.75, 3.05) is 55.2 Å². The molecule has 0 aromatic heterocycles. The zero-order valence-corrected chi connectivity index (χ0v) is 28.0. The van der Waals surface area contributed by atoms with Gasteiger partial charge in [-0.15, -0.1) is 0 Å². The summed E-state index contributed by atoms with van der Waals surface area (Å²) in [6, 6.07) is 6.66. The van der Waals surface area contributed by atoms with Crippen molar-refractivity contribution < 1.29 is 47.9 Å². The van der Waals surface area contributed by atoms with Crippen molar-refractivity contribution in [2.24, 2.45) is 34.5 Å². The lowest BCUT2D eigenvalue weighted by molar-refractivity contribution is -0.287. The molecule has 1 N–H and O–H groups in total. The number of fused-ring (bicyclic) bond motifs is 2. The normalized spacial score (nSPS) is 46.6. The Balaban J connectivity index is 1.46. The molecule has 0 amide bonds. The Morgan fingerprint density at radius 1 is 0.978 bits per heavy atom. The number of carbonyl (C=O) groups excluding carboxylic acids is 2. The number of methoxy groups -OCH3 is 5. The molecule has 46 heavy (non-hydrogen) atoms. The minimum absolute atomic E-state index is 0.00534. The molecule has 6 aliphatic rings. The first-order chi connectivity index (χ1) is 22.1. The molecule has 5 aliphatic carbocycles. The number of benzene rings is 1. The smallest absolute Gasteiger partial charge is 0.338 e. The van der Waals surface area contributed by atoms with Crippen LogP contribution in [-0.4, -0.2) is 119 Å². The van der Waals surface area contributed by atoms with E-state index in [9.17, 15) is 14.7 Å². The van der Waals surface area contributed by atoms with Gasteiger partial charge in [0.15, 0.2) is 0 Å². The minimum Gasteiger partial charge on any atom is -0.497 e. The lowest BCUT2D eigenvalue weighted by Gasteiger charge is -2.69. The van der Waals surface area contributed by atoms with Crippen LogP contribution in [0.1, 0.15) is 49.9 Å². The summed E-state index contributed by atoms with van der Waals surface area (Å²) in [5.41, 5.74) is -3.03. The number of aliphatic hydroxyl groups is 1. The lowest BCUT2D eigenvalue weighted by Crippen LogP contribution is -2.77. The summed E-state index contributed by atoms with van der Waals surface area (Å²) in [5, 5.41) is 12.8. The van der Waals surface area contributed by atoms with Crippen LogP contribution in [-0.2, 0) is 33.2 Å². The molecule has 5 saturated carbocycles. The standard InChI is InChI=1S/C35H49NO10/c1-8-36-17-32(18-40-3)14-13-23(42-5)35-22-15-33(39)24(43-6)16-34(46-19(2)37,26(29(35)36)27(44-7)28(32)35)25(22)30(33)45-31(38)20-9-11-21(41-4)12-10-20/h9-12,22-30,39H,8,13-18H2,1-7H3/t22-,23+,24-,25-,26+,27+,28-,29-,30-,32+,33+,34-,35+/m1/s1. The average Bonchev–Trinajstić information content (AvgIpc) is 3.42. The third-order valence-electron chi connectivity index (χ3n) is 13.3. The molecule has 1 spiro atoms. The predicted octanol–water partition coefficient (Wildman–Crippen LogP) is 2.72. The van der Waals surface area contributed by atoms with Crippen LogP contribution in [0.5, 0.6) is 5.75 Å². The van der Waals surface area contributed by atoms with Crippen LogP contribution in [0.3, 0.4) is 0 Å². The zero-order chi connectivity index (χ0) is 32.8. The number of ether oxygens (including phenoxy) is 7. The van der Waals surface area contributed by atoms with E-state index in [4.69, 9.17) is 33.2 Å². The van der Waals surface area contributed by atoms with E-state index in [1.54, 1.807) is 59.8 Å². The van der Waals surface area contributed by atoms with Gasteiger partial charge in [0, 0.05) is 83.0 Å². The van der Waals surface area contributed by atoms with E-state index >= 15 is 0 Å². The maximum absolute atomic E-state index is 13.9. The number of carbonyl (C=O) groups is 2. The molecule has 1 saturated heterocycles. The molecule has 1 aromatic rings. The first kappa shape index (κ1) is 32.3. The minimum atomic E-state index is -1.51. The SMILES string of the molecule is CCN1C[C@]2(COC)CC[C@H](OC)[C@@]34[C@@H]5C[C@@]6(O)[C@H](OC(=O)c7ccc(OC)cc7)[C@@H]5[C@](OC(C)=O)(C[C@H]6OC)[C@@H]([C@H](OC)[C@H]23)[C@@H]14. The summed E-state index contributed by atoms with van der Waals surface area (Å²) < 4.78 is 43.6. The number of likely N-dealkylation sites (tertiary alicyclic amines) is 1. The van der Waals surface area contributed by atoms with Gasteiger partial charge >= 0.3 is 11.9 Å². The first-order valence-electron chi connectivity index (χ1n) is 16.6. The summed E-state index contributed by atoms with van der Waals surface area (Å²) in [6.45, 7) is 5.80. The summed E-state index contributed by atoms with van der Waals surface area (Å²) in [5.74, 6) is -1.38. The van der Waals surface area contributed by atoms with Gasteiger partial charge in [-0.25, -0.2) is 4.79 Å². The van der Waals surface area contributed by atoms with Gasteiger partial charge in [0.05, 0.1) is 37.6 Å². The molecule has 0 radical (unpaired) electrons. The third-order valence-corrected chi connectivity index (χ3v) is 13.3. The van der Waals surface area contributed by atoms with E-state index in [-0.39, 0.29) is 47.8 Å². The Labute approximate surface area is 271 Å². The van der Waals surface area contributed by atoms with Gasteiger partial charge in [-0.1, -0.05) is 6.92 Å². The van der Waals surface area contributed by atoms with E-state index in [1.807, 2.05) is 0 Å². The van der Waals surface area contributed by atoms with Crippen molar-refractivity contribution in [2.45, 2.75) is 81.2 Å². The first-order valence-corrected chi connectivity index (χ1v) is 16.6. The van der Waals surface area contributed by atoms with Gasteiger partial charge in [0.2, 0.25) is 0 Å². The molecular weight excluding hydrogens is 594 g/mol. The largest absolute Gasteiger partial charge is 0.497 e. The number of rotatable bonds is 10. The van der Waals surface area contributed by atoms with Crippen molar-refractivity contribution in [3.63, 3.8) is 0 Å². The lowest BCUT2D eigenvalue weighted by atomic mass is 9.43. The second-order valence-electron chi connectivity index (χ2n) is 14.6. The topological polar surface area (TPSA) is 122 Å². The Kier molecular flexibility index (Phi) is 7.81. The molecule has 7 bridgehead atoms. The van der Waals surface area contributed by atoms with E-state index < -0.39 is 46.7 Å². The van der Waals surface area contributed by atoms with Crippen molar-refractivity contribution in [3.05, 3.63) is 29.8 Å². The molecule has 11 nitrogen and oxygen atoms in total. The monoisotopic (exact) mass is 643 g/mol. The molecule has 254 valence electrons. The summed E-state index contributed by atoms with van der Waals surface area (Å²) in [7, 11) is 8.44. The second kappa shape index (κ2) is 11.1. The van der Waals surface area contributed by atoms with E-state index in [2.05, 4.69) is 11.8 Å². The zero-order valence-electron chi connectivity index (χ0n) is 28.0. The fraction of sp³-hybridized carbons (Fsp3) is 0.771. The average molecular weight is 644 g/mol. The number of hydrogen-bond donors (Lipinski definition) is 1. The van der Waals surface area contributed by atoms with Crippen LogP contribution in [0.2, 0.25) is 0 Å². The second-order valence-corrected chi connectivity index (χ2v) is 14.6. The predicted molar refractivity (Wildman–Crippen MR) is 164 cm³/mol. The number of hydrogen-bond acceptors (Lipinski definition) is 11. The highest BCUT2D eigenvalue weighted by molar-refractivity contribution is 5.89. The quantitative estimate of drug-likeness (QED) is 0.379. The number of piperidine rings is 1. The van der Waals surface area contributed by atoms with Crippen molar-refractivity contribution in [1.29, 1.82) is 0 Å². The van der Waals surface area contributed by atoms with Crippen molar-refractivity contribution in [3.8, 4) is 5.75 Å². The van der Waals surface area contributed by atoms with E-state index in [0.717, 1.165) is 25.9 Å². The van der Waals surface area contributed by atoms with Crippen LogP contribution in [0.15, 0.2) is 24.3 Å². The molecule has 0 unspecified atom stereocenters.